The van der Waals surface area contributed by atoms with Gasteiger partial charge >= 0.3 is 0 Å². The third-order valence-electron chi connectivity index (χ3n) is 1.78. The molecule has 0 aliphatic carbocycles. The largest absolute Gasteiger partial charge is 0.384 e. The lowest BCUT2D eigenvalue weighted by molar-refractivity contribution is 0.983. The highest BCUT2D eigenvalue weighted by Gasteiger charge is 2.09. The molecule has 2 aromatic rings. The first-order valence-corrected chi connectivity index (χ1v) is 6.06. The minimum absolute atomic E-state index is 0.0335. The number of pyridine rings is 1. The predicted molar refractivity (Wildman–Crippen MR) is 64.0 cm³/mol. The average molecular weight is 251 g/mol. The van der Waals surface area contributed by atoms with Crippen molar-refractivity contribution in [2.24, 2.45) is 5.73 Å². The molecule has 0 aliphatic heterocycles. The van der Waals surface area contributed by atoms with Gasteiger partial charge in [0.1, 0.15) is 10.8 Å². The first-order valence-electron chi connectivity index (χ1n) is 4.43. The smallest absolute Gasteiger partial charge is 0.179 e. The van der Waals surface area contributed by atoms with Gasteiger partial charge in [-0.2, -0.15) is 0 Å². The van der Waals surface area contributed by atoms with E-state index in [-0.39, 0.29) is 5.84 Å². The molecule has 2 aromatic heterocycles. The zero-order chi connectivity index (χ0) is 11.5. The average Bonchev–Trinajstić information content (AvgIpc) is 2.64. The quantitative estimate of drug-likeness (QED) is 0.640. The molecule has 82 valence electrons. The molecule has 2 heterocycles. The number of nitrogens with zero attached hydrogens (tertiary/aromatic N) is 3. The van der Waals surface area contributed by atoms with Crippen molar-refractivity contribution in [1.82, 2.24) is 15.2 Å². The number of amidine groups is 1. The van der Waals surface area contributed by atoms with Gasteiger partial charge in [-0.3, -0.25) is 10.4 Å². The molecule has 0 fully saturated rings. The maximum Gasteiger partial charge on any atom is 0.179 e. The number of hydrogen-bond donors (Lipinski definition) is 2. The Morgan fingerprint density at radius 3 is 2.94 bits per heavy atom. The van der Waals surface area contributed by atoms with Crippen LogP contribution in [0.15, 0.2) is 27.7 Å². The predicted octanol–water partition coefficient (Wildman–Crippen LogP) is 1.68. The zero-order valence-corrected chi connectivity index (χ0v) is 10.1. The van der Waals surface area contributed by atoms with E-state index in [0.717, 1.165) is 14.2 Å². The molecule has 0 spiro atoms. The Bertz CT molecular complexity index is 522. The van der Waals surface area contributed by atoms with Gasteiger partial charge in [-0.1, -0.05) is 23.1 Å². The van der Waals surface area contributed by atoms with Crippen molar-refractivity contribution in [3.8, 4) is 0 Å². The Labute approximate surface area is 101 Å². The summed E-state index contributed by atoms with van der Waals surface area (Å²) in [5, 5.41) is 16.3. The van der Waals surface area contributed by atoms with Crippen molar-refractivity contribution in [1.29, 1.82) is 5.41 Å². The van der Waals surface area contributed by atoms with Crippen LogP contribution in [0.25, 0.3) is 0 Å². The summed E-state index contributed by atoms with van der Waals surface area (Å²) >= 11 is 2.93. The van der Waals surface area contributed by atoms with Crippen LogP contribution >= 0.6 is 23.1 Å². The number of aryl methyl sites for hydroxylation is 1. The summed E-state index contributed by atoms with van der Waals surface area (Å²) in [6.45, 7) is 1.90. The van der Waals surface area contributed by atoms with Gasteiger partial charge in [0.2, 0.25) is 0 Å². The number of nitrogen functional groups attached to an aromatic ring is 1. The van der Waals surface area contributed by atoms with E-state index in [0.29, 0.717) is 5.56 Å². The third-order valence-corrected chi connectivity index (χ3v) is 3.71. The lowest BCUT2D eigenvalue weighted by Gasteiger charge is -2.03. The van der Waals surface area contributed by atoms with Gasteiger partial charge in [0, 0.05) is 22.9 Å². The van der Waals surface area contributed by atoms with E-state index in [1.807, 2.05) is 6.92 Å². The molecule has 0 saturated carbocycles. The van der Waals surface area contributed by atoms with Crippen LogP contribution in [-0.4, -0.2) is 21.0 Å². The fourth-order valence-corrected chi connectivity index (χ4v) is 2.98. The normalized spacial score (nSPS) is 10.3. The van der Waals surface area contributed by atoms with Crippen LogP contribution in [0.4, 0.5) is 0 Å². The maximum absolute atomic E-state index is 7.45. The topological polar surface area (TPSA) is 88.5 Å². The molecule has 0 atom stereocenters. The second-order valence-electron chi connectivity index (χ2n) is 2.97. The summed E-state index contributed by atoms with van der Waals surface area (Å²) in [6, 6.07) is 1.72. The third kappa shape index (κ3) is 2.37. The van der Waals surface area contributed by atoms with E-state index < -0.39 is 0 Å². The highest BCUT2D eigenvalue weighted by atomic mass is 32.2. The van der Waals surface area contributed by atoms with Gasteiger partial charge in [-0.05, 0) is 13.0 Å². The summed E-state index contributed by atoms with van der Waals surface area (Å²) in [5.74, 6) is 0.0335. The molecular weight excluding hydrogens is 242 g/mol. The van der Waals surface area contributed by atoms with Crippen LogP contribution in [-0.2, 0) is 0 Å². The van der Waals surface area contributed by atoms with Crippen LogP contribution in [0, 0.1) is 12.3 Å². The number of aromatic nitrogens is 3. The molecule has 3 N–H and O–H groups in total. The molecule has 0 unspecified atom stereocenters. The van der Waals surface area contributed by atoms with E-state index in [1.165, 1.54) is 23.1 Å². The van der Waals surface area contributed by atoms with Crippen molar-refractivity contribution in [3.05, 3.63) is 29.0 Å². The van der Waals surface area contributed by atoms with E-state index in [9.17, 15) is 0 Å². The maximum atomic E-state index is 7.45. The highest BCUT2D eigenvalue weighted by Crippen LogP contribution is 2.31. The minimum atomic E-state index is 0.0335. The van der Waals surface area contributed by atoms with Crippen LogP contribution in [0.1, 0.15) is 10.6 Å². The molecule has 0 saturated heterocycles. The Hall–Kier alpha value is -1.47. The summed E-state index contributed by atoms with van der Waals surface area (Å²) in [4.78, 5) is 4.84. The van der Waals surface area contributed by atoms with E-state index in [4.69, 9.17) is 11.1 Å². The van der Waals surface area contributed by atoms with Crippen molar-refractivity contribution in [2.75, 3.05) is 0 Å². The second-order valence-corrected chi connectivity index (χ2v) is 5.45. The minimum Gasteiger partial charge on any atom is -0.384 e. The molecular formula is C9H9N5S2. The van der Waals surface area contributed by atoms with E-state index >= 15 is 0 Å². The van der Waals surface area contributed by atoms with Crippen LogP contribution < -0.4 is 5.73 Å². The summed E-state index contributed by atoms with van der Waals surface area (Å²) < 4.78 is 0.827. The number of hydrogen-bond acceptors (Lipinski definition) is 6. The number of rotatable bonds is 3. The van der Waals surface area contributed by atoms with Crippen molar-refractivity contribution in [2.45, 2.75) is 16.2 Å². The molecule has 7 heteroatoms. The summed E-state index contributed by atoms with van der Waals surface area (Å²) in [5.41, 5.74) is 6.16. The lowest BCUT2D eigenvalue weighted by Crippen LogP contribution is -2.12. The van der Waals surface area contributed by atoms with Gasteiger partial charge in [0.15, 0.2) is 4.34 Å². The Morgan fingerprint density at radius 1 is 1.50 bits per heavy atom. The van der Waals surface area contributed by atoms with Crippen molar-refractivity contribution < 1.29 is 0 Å². The lowest BCUT2D eigenvalue weighted by atomic mass is 10.2. The molecule has 0 aliphatic rings. The fourth-order valence-electron chi connectivity index (χ4n) is 1.10. The standard InChI is InChI=1S/C9H9N5S2/c1-5-13-14-9(15-5)16-7-4-12-3-2-6(7)8(10)11/h2-4H,1H3,(H3,10,11). The monoisotopic (exact) mass is 251 g/mol. The van der Waals surface area contributed by atoms with Crippen LogP contribution in [0.2, 0.25) is 0 Å². The van der Waals surface area contributed by atoms with Gasteiger partial charge in [-0.15, -0.1) is 10.2 Å². The summed E-state index contributed by atoms with van der Waals surface area (Å²) in [6.07, 6.45) is 3.30. The van der Waals surface area contributed by atoms with Gasteiger partial charge in [-0.25, -0.2) is 0 Å². The highest BCUT2D eigenvalue weighted by molar-refractivity contribution is 8.01. The molecule has 16 heavy (non-hydrogen) atoms. The first-order chi connectivity index (χ1) is 7.66. The van der Waals surface area contributed by atoms with Crippen molar-refractivity contribution in [3.63, 3.8) is 0 Å². The first kappa shape index (κ1) is 11.0. The number of nitrogens with one attached hydrogen (secondary N) is 1. The zero-order valence-electron chi connectivity index (χ0n) is 8.47. The summed E-state index contributed by atoms with van der Waals surface area (Å²) in [7, 11) is 0. The van der Waals surface area contributed by atoms with E-state index in [1.54, 1.807) is 18.5 Å². The van der Waals surface area contributed by atoms with Crippen LogP contribution in [0.3, 0.4) is 0 Å². The molecule has 2 rings (SSSR count). The molecule has 5 nitrogen and oxygen atoms in total. The van der Waals surface area contributed by atoms with E-state index in [2.05, 4.69) is 15.2 Å². The molecule has 0 radical (unpaired) electrons. The molecule has 0 aromatic carbocycles. The Morgan fingerprint density at radius 2 is 2.31 bits per heavy atom. The Balaban J connectivity index is 2.31. The van der Waals surface area contributed by atoms with Crippen molar-refractivity contribution >= 4 is 28.9 Å². The Kier molecular flexibility index (Phi) is 3.16. The van der Waals surface area contributed by atoms with Gasteiger partial charge < -0.3 is 5.73 Å². The second kappa shape index (κ2) is 4.58. The number of nitrogens with two attached hydrogens (primary N) is 1. The van der Waals surface area contributed by atoms with Crippen LogP contribution in [0.5, 0.6) is 0 Å². The van der Waals surface area contributed by atoms with Gasteiger partial charge in [0.05, 0.1) is 0 Å². The molecule has 0 bridgehead atoms. The molecule has 0 amide bonds. The fraction of sp³-hybridized carbons (Fsp3) is 0.111. The SMILES string of the molecule is Cc1nnc(Sc2cnccc2C(=N)N)s1. The van der Waals surface area contributed by atoms with Gasteiger partial charge in [0.25, 0.3) is 0 Å².